The summed E-state index contributed by atoms with van der Waals surface area (Å²) < 4.78 is 39.1. The fraction of sp³-hybridized carbons (Fsp3) is 0.280. The van der Waals surface area contributed by atoms with Gasteiger partial charge in [-0.15, -0.1) is 11.8 Å². The van der Waals surface area contributed by atoms with E-state index < -0.39 is 28.7 Å². The molecule has 3 aromatic rings. The van der Waals surface area contributed by atoms with Gasteiger partial charge in [-0.05, 0) is 72.9 Å². The minimum atomic E-state index is -4.48. The first-order valence-corrected chi connectivity index (χ1v) is 12.0. The Bertz CT molecular complexity index is 1380. The molecule has 1 aromatic carbocycles. The van der Waals surface area contributed by atoms with Gasteiger partial charge in [-0.2, -0.15) is 13.2 Å². The lowest BCUT2D eigenvalue weighted by atomic mass is 9.95. The molecule has 0 fully saturated rings. The van der Waals surface area contributed by atoms with Crippen molar-refractivity contribution in [3.05, 3.63) is 82.2 Å². The van der Waals surface area contributed by atoms with Crippen LogP contribution in [0.5, 0.6) is 0 Å². The number of rotatable bonds is 5. The van der Waals surface area contributed by atoms with Crippen LogP contribution in [0.2, 0.25) is 0 Å². The molecule has 3 atom stereocenters. The van der Waals surface area contributed by atoms with Gasteiger partial charge in [0.2, 0.25) is 0 Å². The van der Waals surface area contributed by atoms with E-state index in [0.717, 1.165) is 29.5 Å². The maximum absolute atomic E-state index is 13.0. The molecule has 0 saturated carbocycles. The predicted molar refractivity (Wildman–Crippen MR) is 130 cm³/mol. The number of carboxylic acid groups (broad SMARTS) is 1. The van der Waals surface area contributed by atoms with Gasteiger partial charge in [0.25, 0.3) is 0 Å². The number of fused-ring (bicyclic) bond motifs is 1. The molecule has 2 aromatic heterocycles. The molecule has 0 bridgehead atoms. The van der Waals surface area contributed by atoms with Gasteiger partial charge in [-0.3, -0.25) is 4.99 Å². The number of carbonyl (C=O) groups is 1. The number of hydrogen-bond donors (Lipinski definition) is 3. The highest BCUT2D eigenvalue weighted by Crippen LogP contribution is 2.50. The number of aliphatic imine (C=N–C) groups is 1. The number of aryl methyl sites for hydroxylation is 2. The fourth-order valence-corrected chi connectivity index (χ4v) is 5.82. The predicted octanol–water partition coefficient (Wildman–Crippen LogP) is 5.26. The van der Waals surface area contributed by atoms with E-state index in [2.05, 4.69) is 20.3 Å². The third kappa shape index (κ3) is 4.56. The van der Waals surface area contributed by atoms with E-state index in [0.29, 0.717) is 29.9 Å². The lowest BCUT2D eigenvalue weighted by Gasteiger charge is -2.29. The van der Waals surface area contributed by atoms with Crippen LogP contribution >= 0.6 is 11.8 Å². The first kappa shape index (κ1) is 24.3. The van der Waals surface area contributed by atoms with Crippen molar-refractivity contribution in [3.63, 3.8) is 0 Å². The van der Waals surface area contributed by atoms with Crippen molar-refractivity contribution in [1.82, 2.24) is 9.97 Å². The Kier molecular flexibility index (Phi) is 6.00. The second-order valence-electron chi connectivity index (χ2n) is 8.82. The summed E-state index contributed by atoms with van der Waals surface area (Å²) in [6, 6.07) is 10.1. The monoisotopic (exact) mass is 514 g/mol. The second-order valence-corrected chi connectivity index (χ2v) is 10.0. The Labute approximate surface area is 208 Å². The first-order valence-electron chi connectivity index (χ1n) is 11.1. The van der Waals surface area contributed by atoms with Crippen LogP contribution in [0.3, 0.4) is 0 Å². The maximum Gasteiger partial charge on any atom is 0.416 e. The number of nitrogens with zero attached hydrogens (tertiary/aromatic N) is 3. The normalized spacial score (nSPS) is 23.0. The number of hydrogen-bond acceptors (Lipinski definition) is 7. The molecule has 3 N–H and O–H groups in total. The standard InChI is InChI=1S/C25H21F3N4O3S/c1-13-8-18(31-21(9-13)32-20-11-16(5-7-29-20)25(26,27)28)19-12-30-23(36-19)24(35)6-4-14-10-15(22(33)34)2-3-17(14)24/h2-3,5,7-12,19,23,35H,4,6H2,1H3,(H,33,34)(H,29,31,32). The van der Waals surface area contributed by atoms with E-state index in [9.17, 15) is 28.2 Å². The number of aromatic nitrogens is 2. The number of aliphatic hydroxyl groups is 1. The van der Waals surface area contributed by atoms with Crippen LogP contribution in [0.25, 0.3) is 0 Å². The number of pyridine rings is 2. The Morgan fingerprint density at radius 3 is 2.72 bits per heavy atom. The molecule has 186 valence electrons. The average molecular weight is 515 g/mol. The number of halogens is 3. The molecule has 5 rings (SSSR count). The minimum Gasteiger partial charge on any atom is -0.478 e. The van der Waals surface area contributed by atoms with Crippen LogP contribution < -0.4 is 5.32 Å². The van der Waals surface area contributed by atoms with E-state index in [4.69, 9.17) is 0 Å². The summed E-state index contributed by atoms with van der Waals surface area (Å²) in [4.78, 5) is 24.4. The van der Waals surface area contributed by atoms with Crippen LogP contribution in [0, 0.1) is 6.92 Å². The van der Waals surface area contributed by atoms with Crippen molar-refractivity contribution in [2.24, 2.45) is 4.99 Å². The third-order valence-corrected chi connectivity index (χ3v) is 7.69. The third-order valence-electron chi connectivity index (χ3n) is 6.26. The minimum absolute atomic E-state index is 0.0251. The smallest absolute Gasteiger partial charge is 0.416 e. The van der Waals surface area contributed by atoms with Crippen LogP contribution in [-0.4, -0.2) is 37.7 Å². The summed E-state index contributed by atoms with van der Waals surface area (Å²) in [7, 11) is 0. The van der Waals surface area contributed by atoms with Gasteiger partial charge in [0.05, 0.1) is 22.1 Å². The molecule has 0 spiro atoms. The molecule has 0 saturated heterocycles. The van der Waals surface area contributed by atoms with Crippen LogP contribution in [0.1, 0.15) is 50.0 Å². The van der Waals surface area contributed by atoms with Gasteiger partial charge < -0.3 is 15.5 Å². The SMILES string of the molecule is Cc1cc(Nc2cc(C(F)(F)F)ccn2)nc(C2C=NC(C3(O)CCc4cc(C(=O)O)ccc43)S2)c1. The number of aromatic carboxylic acids is 1. The highest BCUT2D eigenvalue weighted by molar-refractivity contribution is 8.01. The van der Waals surface area contributed by atoms with Gasteiger partial charge in [-0.25, -0.2) is 14.8 Å². The summed E-state index contributed by atoms with van der Waals surface area (Å²) in [5.74, 6) is -0.644. The number of alkyl halides is 3. The van der Waals surface area contributed by atoms with Crippen LogP contribution in [0.15, 0.2) is 53.7 Å². The zero-order chi connectivity index (χ0) is 25.7. The number of anilines is 2. The molecule has 1 aliphatic heterocycles. The summed E-state index contributed by atoms with van der Waals surface area (Å²) in [5, 5.41) is 22.8. The van der Waals surface area contributed by atoms with E-state index in [1.165, 1.54) is 17.8 Å². The number of carboxylic acids is 1. The van der Waals surface area contributed by atoms with E-state index in [-0.39, 0.29) is 16.6 Å². The summed E-state index contributed by atoms with van der Waals surface area (Å²) in [6.45, 7) is 1.85. The lowest BCUT2D eigenvalue weighted by molar-refractivity contribution is -0.137. The van der Waals surface area contributed by atoms with E-state index in [1.807, 2.05) is 13.0 Å². The molecule has 1 aliphatic carbocycles. The summed E-state index contributed by atoms with van der Waals surface area (Å²) in [6.07, 6.45) is -0.714. The number of nitrogens with one attached hydrogen (secondary N) is 1. The summed E-state index contributed by atoms with van der Waals surface area (Å²) >= 11 is 1.42. The molecular weight excluding hydrogens is 493 g/mol. The summed E-state index contributed by atoms with van der Waals surface area (Å²) in [5.41, 5.74) is 1.09. The number of thioether (sulfide) groups is 1. The lowest BCUT2D eigenvalue weighted by Crippen LogP contribution is -2.33. The second kappa shape index (κ2) is 8.90. The Balaban J connectivity index is 1.35. The van der Waals surface area contributed by atoms with Crippen molar-refractivity contribution in [3.8, 4) is 0 Å². The van der Waals surface area contributed by atoms with Gasteiger partial charge >= 0.3 is 12.1 Å². The molecule has 3 unspecified atom stereocenters. The van der Waals surface area contributed by atoms with Gasteiger partial charge in [0, 0.05) is 12.4 Å². The Hall–Kier alpha value is -3.44. The zero-order valence-electron chi connectivity index (χ0n) is 19.0. The van der Waals surface area contributed by atoms with Crippen molar-refractivity contribution < 1.29 is 28.2 Å². The van der Waals surface area contributed by atoms with Crippen molar-refractivity contribution in [2.75, 3.05) is 5.32 Å². The van der Waals surface area contributed by atoms with E-state index in [1.54, 1.807) is 24.4 Å². The average Bonchev–Trinajstić information content (AvgIpc) is 3.44. The highest BCUT2D eigenvalue weighted by Gasteiger charge is 2.47. The van der Waals surface area contributed by atoms with Crippen molar-refractivity contribution in [2.45, 2.75) is 42.2 Å². The van der Waals surface area contributed by atoms with Gasteiger partial charge in [0.15, 0.2) is 0 Å². The van der Waals surface area contributed by atoms with Crippen LogP contribution in [-0.2, 0) is 18.2 Å². The first-order chi connectivity index (χ1) is 17.0. The van der Waals surface area contributed by atoms with Crippen LogP contribution in [0.4, 0.5) is 24.8 Å². The molecule has 7 nitrogen and oxygen atoms in total. The quantitative estimate of drug-likeness (QED) is 0.426. The van der Waals surface area contributed by atoms with E-state index >= 15 is 0 Å². The molecule has 0 radical (unpaired) electrons. The molecule has 0 amide bonds. The fourth-order valence-electron chi connectivity index (χ4n) is 4.53. The molecular formula is C25H21F3N4O3S. The number of benzene rings is 1. The van der Waals surface area contributed by atoms with Gasteiger partial charge in [0.1, 0.15) is 22.6 Å². The van der Waals surface area contributed by atoms with Crippen molar-refractivity contribution >= 4 is 35.6 Å². The van der Waals surface area contributed by atoms with Gasteiger partial charge in [-0.1, -0.05) is 6.07 Å². The maximum atomic E-state index is 13.0. The Morgan fingerprint density at radius 1 is 1.17 bits per heavy atom. The zero-order valence-corrected chi connectivity index (χ0v) is 19.8. The topological polar surface area (TPSA) is 108 Å². The Morgan fingerprint density at radius 2 is 1.97 bits per heavy atom. The molecule has 2 aliphatic rings. The van der Waals surface area contributed by atoms with Crippen molar-refractivity contribution in [1.29, 1.82) is 0 Å². The molecule has 11 heteroatoms. The molecule has 36 heavy (non-hydrogen) atoms. The largest absolute Gasteiger partial charge is 0.478 e. The molecule has 3 heterocycles. The highest BCUT2D eigenvalue weighted by atomic mass is 32.2.